The van der Waals surface area contributed by atoms with Gasteiger partial charge >= 0.3 is 0 Å². The maximum Gasteiger partial charge on any atom is 0.254 e. The highest BCUT2D eigenvalue weighted by Crippen LogP contribution is 2.73. The fourth-order valence-electron chi connectivity index (χ4n) is 5.23. The largest absolute Gasteiger partial charge is 0.503 e. The van der Waals surface area contributed by atoms with Crippen LogP contribution in [0.1, 0.15) is 25.3 Å². The average Bonchev–Trinajstić information content (AvgIpc) is 3.24. The fourth-order valence-corrected chi connectivity index (χ4v) is 5.69. The molecule has 0 aromatic heterocycles. The van der Waals surface area contributed by atoms with E-state index in [9.17, 15) is 14.7 Å². The van der Waals surface area contributed by atoms with Gasteiger partial charge in [0, 0.05) is 0 Å². The van der Waals surface area contributed by atoms with Crippen LogP contribution in [0.3, 0.4) is 0 Å². The van der Waals surface area contributed by atoms with Crippen molar-refractivity contribution in [3.8, 4) is 11.5 Å². The molecule has 4 aliphatic rings. The summed E-state index contributed by atoms with van der Waals surface area (Å²) in [6.07, 6.45) is 7.99. The molecule has 1 heterocycles. The number of nitrogens with zero attached hydrogens (tertiary/aromatic N) is 2. The molecule has 7 heteroatoms. The molecular weight excluding hydrogens is 412 g/mol. The van der Waals surface area contributed by atoms with Gasteiger partial charge in [0.05, 0.1) is 29.1 Å². The van der Waals surface area contributed by atoms with E-state index in [4.69, 9.17) is 4.74 Å². The summed E-state index contributed by atoms with van der Waals surface area (Å²) in [7, 11) is 0. The van der Waals surface area contributed by atoms with E-state index in [1.54, 1.807) is 12.1 Å². The van der Waals surface area contributed by atoms with E-state index in [-0.39, 0.29) is 46.7 Å². The van der Waals surface area contributed by atoms with Crippen LogP contribution in [0.5, 0.6) is 11.5 Å². The quantitative estimate of drug-likeness (QED) is 0.452. The number of hydrogen-bond donors (Lipinski definition) is 1. The van der Waals surface area contributed by atoms with Gasteiger partial charge in [-0.15, -0.1) is 0 Å². The third-order valence-corrected chi connectivity index (χ3v) is 7.11. The standard InChI is InChI=1S/C20H19BrN2O4/c1-2-27-14-8-10(7-13(21)17(14)24)9-22-23-18(25)15-11-3-4-12(16(15)19(23)26)20(11)5-6-20/h3-4,7-9,11-12,15-16,24H,2,5-6H2,1H3/b22-9-/t11-,12-,15-,16-/m1/s1. The molecule has 1 N–H and O–H groups in total. The Bertz CT molecular complexity index is 887. The second-order valence-corrected chi connectivity index (χ2v) is 8.59. The lowest BCUT2D eigenvalue weighted by Gasteiger charge is -2.18. The van der Waals surface area contributed by atoms with Crippen molar-refractivity contribution in [2.45, 2.75) is 19.8 Å². The van der Waals surface area contributed by atoms with Gasteiger partial charge in [-0.25, -0.2) is 0 Å². The zero-order valence-electron chi connectivity index (χ0n) is 14.8. The fraction of sp³-hybridized carbons (Fsp3) is 0.450. The minimum atomic E-state index is -0.252. The molecular formula is C20H19BrN2O4. The first-order chi connectivity index (χ1) is 13.0. The summed E-state index contributed by atoms with van der Waals surface area (Å²) in [5.74, 6) is -0.167. The molecule has 0 radical (unpaired) electrons. The number of carbonyl (C=O) groups excluding carboxylic acids is 2. The van der Waals surface area contributed by atoms with Crippen LogP contribution in [-0.4, -0.2) is 34.8 Å². The van der Waals surface area contributed by atoms with Gasteiger partial charge in [0.2, 0.25) is 0 Å². The van der Waals surface area contributed by atoms with Crippen molar-refractivity contribution in [1.29, 1.82) is 0 Å². The Kier molecular flexibility index (Phi) is 3.57. The molecule has 140 valence electrons. The molecule has 2 saturated carbocycles. The first kappa shape index (κ1) is 17.0. The third-order valence-electron chi connectivity index (χ3n) is 6.50. The van der Waals surface area contributed by atoms with Crippen molar-refractivity contribution in [3.05, 3.63) is 34.3 Å². The van der Waals surface area contributed by atoms with Gasteiger partial charge in [-0.05, 0) is 70.6 Å². The molecule has 1 aromatic rings. The molecule has 0 unspecified atom stereocenters. The summed E-state index contributed by atoms with van der Waals surface area (Å²) in [4.78, 5) is 25.8. The van der Waals surface area contributed by atoms with Gasteiger partial charge in [-0.2, -0.15) is 10.1 Å². The maximum absolute atomic E-state index is 12.9. The van der Waals surface area contributed by atoms with E-state index in [1.165, 1.54) is 6.21 Å². The zero-order valence-corrected chi connectivity index (χ0v) is 16.3. The van der Waals surface area contributed by atoms with Crippen LogP contribution in [0.4, 0.5) is 0 Å². The second kappa shape index (κ2) is 5.67. The van der Waals surface area contributed by atoms with Gasteiger partial charge in [0.25, 0.3) is 11.8 Å². The summed E-state index contributed by atoms with van der Waals surface area (Å²) < 4.78 is 5.86. The Morgan fingerprint density at radius 2 is 1.89 bits per heavy atom. The predicted octanol–water partition coefficient (Wildman–Crippen LogP) is 3.08. The molecule has 1 spiro atoms. The highest BCUT2D eigenvalue weighted by molar-refractivity contribution is 9.10. The van der Waals surface area contributed by atoms with Crippen molar-refractivity contribution >= 4 is 34.0 Å². The Labute approximate surface area is 165 Å². The van der Waals surface area contributed by atoms with Crippen LogP contribution in [0, 0.1) is 29.1 Å². The van der Waals surface area contributed by atoms with Gasteiger partial charge in [0.1, 0.15) is 0 Å². The van der Waals surface area contributed by atoms with Crippen molar-refractivity contribution in [3.63, 3.8) is 0 Å². The second-order valence-electron chi connectivity index (χ2n) is 7.74. The monoisotopic (exact) mass is 430 g/mol. The van der Waals surface area contributed by atoms with E-state index in [1.807, 2.05) is 6.92 Å². The summed E-state index contributed by atoms with van der Waals surface area (Å²) >= 11 is 3.28. The topological polar surface area (TPSA) is 79.2 Å². The summed E-state index contributed by atoms with van der Waals surface area (Å²) in [5, 5.41) is 15.2. The van der Waals surface area contributed by atoms with Crippen molar-refractivity contribution in [1.82, 2.24) is 5.01 Å². The number of halogens is 1. The number of hydrazone groups is 1. The highest BCUT2D eigenvalue weighted by atomic mass is 79.9. The number of rotatable bonds is 4. The zero-order chi connectivity index (χ0) is 18.9. The number of phenolic OH excluding ortho intramolecular Hbond substituents is 1. The van der Waals surface area contributed by atoms with Crippen molar-refractivity contribution in [2.75, 3.05) is 6.61 Å². The summed E-state index contributed by atoms with van der Waals surface area (Å²) in [6, 6.07) is 3.29. The number of carbonyl (C=O) groups is 2. The van der Waals surface area contributed by atoms with E-state index in [0.717, 1.165) is 17.9 Å². The van der Waals surface area contributed by atoms with Crippen LogP contribution < -0.4 is 4.74 Å². The number of aromatic hydroxyl groups is 1. The Hall–Kier alpha value is -2.15. The molecule has 5 rings (SSSR count). The average molecular weight is 431 g/mol. The third kappa shape index (κ3) is 2.21. The van der Waals surface area contributed by atoms with Crippen LogP contribution in [0.25, 0.3) is 0 Å². The molecule has 1 aliphatic heterocycles. The minimum absolute atomic E-state index is 0.00855. The van der Waals surface area contributed by atoms with Crippen LogP contribution >= 0.6 is 15.9 Å². The molecule has 27 heavy (non-hydrogen) atoms. The summed E-state index contributed by atoms with van der Waals surface area (Å²) in [5.41, 5.74) is 0.811. The number of allylic oxidation sites excluding steroid dienone is 2. The first-order valence-electron chi connectivity index (χ1n) is 9.23. The number of imide groups is 1. The van der Waals surface area contributed by atoms with E-state index in [0.29, 0.717) is 22.4 Å². The van der Waals surface area contributed by atoms with Gasteiger partial charge in [-0.3, -0.25) is 9.59 Å². The first-order valence-corrected chi connectivity index (χ1v) is 10.0. The summed E-state index contributed by atoms with van der Waals surface area (Å²) in [6.45, 7) is 2.23. The SMILES string of the molecule is CCOc1cc(/C=N\N2C(=O)[C@H]3[C@H](C2=O)[C@H]2C=C[C@H]3C23CC3)cc(Br)c1O. The van der Waals surface area contributed by atoms with Gasteiger partial charge < -0.3 is 9.84 Å². The number of ether oxygens (including phenoxy) is 1. The number of amides is 2. The lowest BCUT2D eigenvalue weighted by Crippen LogP contribution is -2.30. The van der Waals surface area contributed by atoms with Crippen LogP contribution in [0.2, 0.25) is 0 Å². The smallest absolute Gasteiger partial charge is 0.254 e. The molecule has 6 nitrogen and oxygen atoms in total. The van der Waals surface area contributed by atoms with E-state index >= 15 is 0 Å². The highest BCUT2D eigenvalue weighted by Gasteiger charge is 2.73. The Balaban J connectivity index is 1.41. The lowest BCUT2D eigenvalue weighted by atomic mass is 9.85. The van der Waals surface area contributed by atoms with Crippen molar-refractivity contribution < 1.29 is 19.4 Å². The number of hydrogen-bond acceptors (Lipinski definition) is 5. The molecule has 2 amide bonds. The molecule has 4 atom stereocenters. The normalized spacial score (nSPS) is 32.1. The molecule has 3 aliphatic carbocycles. The minimum Gasteiger partial charge on any atom is -0.503 e. The molecule has 2 bridgehead atoms. The Morgan fingerprint density at radius 1 is 1.26 bits per heavy atom. The van der Waals surface area contributed by atoms with Gasteiger partial charge in [0.15, 0.2) is 11.5 Å². The number of fused-ring (bicyclic) bond motifs is 3. The van der Waals surface area contributed by atoms with Crippen molar-refractivity contribution in [2.24, 2.45) is 34.2 Å². The molecule has 1 aromatic carbocycles. The molecule has 3 fully saturated rings. The van der Waals surface area contributed by atoms with Crippen LogP contribution in [0.15, 0.2) is 33.9 Å². The molecule has 1 saturated heterocycles. The van der Waals surface area contributed by atoms with Gasteiger partial charge in [-0.1, -0.05) is 12.2 Å². The predicted molar refractivity (Wildman–Crippen MR) is 101 cm³/mol. The number of benzene rings is 1. The maximum atomic E-state index is 12.9. The Morgan fingerprint density at radius 3 is 2.44 bits per heavy atom. The van der Waals surface area contributed by atoms with E-state index in [2.05, 4.69) is 33.2 Å². The van der Waals surface area contributed by atoms with Crippen LogP contribution in [-0.2, 0) is 9.59 Å². The number of phenols is 1. The lowest BCUT2D eigenvalue weighted by molar-refractivity contribution is -0.141. The van der Waals surface area contributed by atoms with E-state index < -0.39 is 0 Å².